The van der Waals surface area contributed by atoms with E-state index in [1.165, 1.54) is 0 Å². The molecule has 1 aromatic rings. The van der Waals surface area contributed by atoms with Gasteiger partial charge in [0.1, 0.15) is 0 Å². The van der Waals surface area contributed by atoms with E-state index in [9.17, 15) is 14.7 Å². The summed E-state index contributed by atoms with van der Waals surface area (Å²) in [5.41, 5.74) is 0.552. The van der Waals surface area contributed by atoms with Crippen LogP contribution in [0.4, 0.5) is 5.69 Å². The number of amides is 1. The number of hydrogen-bond acceptors (Lipinski definition) is 3. The summed E-state index contributed by atoms with van der Waals surface area (Å²) < 4.78 is 1.56. The maximum Gasteiger partial charge on any atom is 0.248 e. The summed E-state index contributed by atoms with van der Waals surface area (Å²) in [5.74, 6) is -1.95. The molecule has 1 aromatic carbocycles. The Kier molecular flexibility index (Phi) is 4.70. The largest absolute Gasteiger partial charge is 0.545 e. The normalized spacial score (nSPS) is 10.4. The fraction of sp³-hybridized carbons (Fsp3) is 0. The molecule has 0 radical (unpaired) electrons. The summed E-state index contributed by atoms with van der Waals surface area (Å²) in [6.07, 6.45) is 1.56. The molecule has 1 amide bonds. The van der Waals surface area contributed by atoms with E-state index in [2.05, 4.69) is 37.2 Å². The first-order chi connectivity index (χ1) is 7.49. The third-order valence-electron chi connectivity index (χ3n) is 1.56. The highest BCUT2D eigenvalue weighted by atomic mass is 79.9. The molecular weight excluding hydrogens is 342 g/mol. The SMILES string of the molecule is O=C([O-])/C=C/C(=O)Nc1ccc(Br)cc1Br. The van der Waals surface area contributed by atoms with Crippen LogP contribution in [-0.2, 0) is 9.59 Å². The number of carboxylic acids is 1. The molecule has 0 aliphatic heterocycles. The Morgan fingerprint density at radius 3 is 2.50 bits per heavy atom. The van der Waals surface area contributed by atoms with Crippen molar-refractivity contribution >= 4 is 49.4 Å². The Morgan fingerprint density at radius 2 is 1.94 bits per heavy atom. The average molecular weight is 348 g/mol. The van der Waals surface area contributed by atoms with Gasteiger partial charge in [-0.2, -0.15) is 0 Å². The van der Waals surface area contributed by atoms with Gasteiger partial charge in [-0.15, -0.1) is 0 Å². The first kappa shape index (κ1) is 12.9. The van der Waals surface area contributed by atoms with E-state index < -0.39 is 11.9 Å². The molecule has 0 saturated carbocycles. The van der Waals surface area contributed by atoms with Gasteiger partial charge in [0.25, 0.3) is 0 Å². The lowest BCUT2D eigenvalue weighted by atomic mass is 10.3. The Labute approximate surface area is 109 Å². The second-order valence-corrected chi connectivity index (χ2v) is 4.54. The Hall–Kier alpha value is -1.14. The number of nitrogens with one attached hydrogen (secondary N) is 1. The summed E-state index contributed by atoms with van der Waals surface area (Å²) in [7, 11) is 0. The van der Waals surface area contributed by atoms with Crippen molar-refractivity contribution in [1.82, 2.24) is 0 Å². The number of carboxylic acid groups (broad SMARTS) is 1. The first-order valence-corrected chi connectivity index (χ1v) is 5.73. The molecular formula is C10H6Br2NO3-. The van der Waals surface area contributed by atoms with Crippen LogP contribution in [0.15, 0.2) is 39.3 Å². The molecule has 16 heavy (non-hydrogen) atoms. The predicted octanol–water partition coefficient (Wildman–Crippen LogP) is 1.46. The van der Waals surface area contributed by atoms with E-state index in [1.807, 2.05) is 0 Å². The minimum atomic E-state index is -1.41. The van der Waals surface area contributed by atoms with Crippen molar-refractivity contribution in [2.45, 2.75) is 0 Å². The summed E-state index contributed by atoms with van der Waals surface area (Å²) in [4.78, 5) is 21.3. The van der Waals surface area contributed by atoms with Crippen molar-refractivity contribution in [3.63, 3.8) is 0 Å². The van der Waals surface area contributed by atoms with Crippen molar-refractivity contribution in [1.29, 1.82) is 0 Å². The van der Waals surface area contributed by atoms with E-state index in [-0.39, 0.29) is 0 Å². The molecule has 0 atom stereocenters. The van der Waals surface area contributed by atoms with Crippen LogP contribution in [0, 0.1) is 0 Å². The maximum atomic E-state index is 11.2. The van der Waals surface area contributed by atoms with E-state index in [0.717, 1.165) is 10.5 Å². The van der Waals surface area contributed by atoms with Gasteiger partial charge < -0.3 is 15.2 Å². The van der Waals surface area contributed by atoms with Crippen LogP contribution in [0.25, 0.3) is 0 Å². The lowest BCUT2D eigenvalue weighted by Gasteiger charge is -2.05. The third kappa shape index (κ3) is 4.16. The van der Waals surface area contributed by atoms with Crippen LogP contribution in [0.3, 0.4) is 0 Å². The molecule has 0 aromatic heterocycles. The highest BCUT2D eigenvalue weighted by Crippen LogP contribution is 2.25. The molecule has 84 valence electrons. The minimum Gasteiger partial charge on any atom is -0.545 e. The van der Waals surface area contributed by atoms with E-state index >= 15 is 0 Å². The lowest BCUT2D eigenvalue weighted by Crippen LogP contribution is -2.20. The van der Waals surface area contributed by atoms with Crippen LogP contribution in [0.2, 0.25) is 0 Å². The van der Waals surface area contributed by atoms with Crippen LogP contribution >= 0.6 is 31.9 Å². The smallest absolute Gasteiger partial charge is 0.248 e. The van der Waals surface area contributed by atoms with Gasteiger partial charge in [-0.1, -0.05) is 15.9 Å². The fourth-order valence-electron chi connectivity index (χ4n) is 0.909. The Bertz CT molecular complexity index is 457. The molecule has 0 bridgehead atoms. The molecule has 0 spiro atoms. The number of hydrogen-bond donors (Lipinski definition) is 1. The quantitative estimate of drug-likeness (QED) is 0.841. The van der Waals surface area contributed by atoms with Crippen LogP contribution in [0.1, 0.15) is 0 Å². The van der Waals surface area contributed by atoms with Gasteiger partial charge in [-0.05, 0) is 40.2 Å². The van der Waals surface area contributed by atoms with Crippen molar-refractivity contribution < 1.29 is 14.7 Å². The van der Waals surface area contributed by atoms with Crippen molar-refractivity contribution in [2.75, 3.05) is 5.32 Å². The zero-order chi connectivity index (χ0) is 12.1. The standard InChI is InChI=1S/C10H7Br2NO3/c11-6-1-2-8(7(12)5-6)13-9(14)3-4-10(15)16/h1-5H,(H,13,14)(H,15,16)/p-1/b4-3+. The molecule has 0 heterocycles. The van der Waals surface area contributed by atoms with Gasteiger partial charge in [0.05, 0.1) is 11.7 Å². The van der Waals surface area contributed by atoms with Crippen molar-refractivity contribution in [3.8, 4) is 0 Å². The number of anilines is 1. The molecule has 1 N–H and O–H groups in total. The van der Waals surface area contributed by atoms with Gasteiger partial charge >= 0.3 is 0 Å². The minimum absolute atomic E-state index is 0.535. The van der Waals surface area contributed by atoms with E-state index in [0.29, 0.717) is 16.2 Å². The second-order valence-electron chi connectivity index (χ2n) is 2.77. The highest BCUT2D eigenvalue weighted by Gasteiger charge is 2.02. The van der Waals surface area contributed by atoms with Crippen molar-refractivity contribution in [2.24, 2.45) is 0 Å². The lowest BCUT2D eigenvalue weighted by molar-refractivity contribution is -0.297. The number of aliphatic carboxylic acids is 1. The molecule has 4 nitrogen and oxygen atoms in total. The summed E-state index contributed by atoms with van der Waals surface area (Å²) in [5, 5.41) is 12.6. The molecule has 1 rings (SSSR count). The van der Waals surface area contributed by atoms with E-state index in [1.54, 1.807) is 18.2 Å². The topological polar surface area (TPSA) is 69.2 Å². The zero-order valence-electron chi connectivity index (χ0n) is 7.87. The van der Waals surface area contributed by atoms with Gasteiger partial charge in [0, 0.05) is 15.0 Å². The average Bonchev–Trinajstić information content (AvgIpc) is 2.19. The number of benzene rings is 1. The Balaban J connectivity index is 2.73. The van der Waals surface area contributed by atoms with Crippen LogP contribution < -0.4 is 10.4 Å². The number of halogens is 2. The summed E-state index contributed by atoms with van der Waals surface area (Å²) in [6.45, 7) is 0. The summed E-state index contributed by atoms with van der Waals surface area (Å²) >= 11 is 6.53. The Morgan fingerprint density at radius 1 is 1.25 bits per heavy atom. The van der Waals surface area contributed by atoms with E-state index in [4.69, 9.17) is 0 Å². The molecule has 0 saturated heterocycles. The monoisotopic (exact) mass is 346 g/mol. The van der Waals surface area contributed by atoms with Crippen LogP contribution in [-0.4, -0.2) is 11.9 Å². The summed E-state index contributed by atoms with van der Waals surface area (Å²) in [6, 6.07) is 5.19. The maximum absolute atomic E-state index is 11.2. The van der Waals surface area contributed by atoms with Crippen molar-refractivity contribution in [3.05, 3.63) is 39.3 Å². The molecule has 6 heteroatoms. The van der Waals surface area contributed by atoms with Gasteiger partial charge in [-0.25, -0.2) is 0 Å². The predicted molar refractivity (Wildman–Crippen MR) is 64.6 cm³/mol. The highest BCUT2D eigenvalue weighted by molar-refractivity contribution is 9.11. The van der Waals surface area contributed by atoms with Gasteiger partial charge in [-0.3, -0.25) is 4.79 Å². The number of carbonyl (C=O) groups excluding carboxylic acids is 2. The second kappa shape index (κ2) is 5.81. The molecule has 0 unspecified atom stereocenters. The first-order valence-electron chi connectivity index (χ1n) is 4.14. The van der Waals surface area contributed by atoms with Gasteiger partial charge in [0.15, 0.2) is 0 Å². The molecule has 0 aliphatic rings. The number of carbonyl (C=O) groups is 2. The van der Waals surface area contributed by atoms with Gasteiger partial charge in [0.2, 0.25) is 5.91 Å². The third-order valence-corrected chi connectivity index (χ3v) is 2.71. The van der Waals surface area contributed by atoms with Crippen LogP contribution in [0.5, 0.6) is 0 Å². The number of rotatable bonds is 3. The molecule has 0 fully saturated rings. The zero-order valence-corrected chi connectivity index (χ0v) is 11.0. The molecule has 0 aliphatic carbocycles. The fourth-order valence-corrected chi connectivity index (χ4v) is 2.06.